The molecule has 0 saturated carbocycles. The van der Waals surface area contributed by atoms with Crippen LogP contribution in [0.3, 0.4) is 0 Å². The Balaban J connectivity index is 2.16. The first-order valence-corrected chi connectivity index (χ1v) is 7.88. The van der Waals surface area contributed by atoms with E-state index in [0.29, 0.717) is 11.9 Å². The normalized spacial score (nSPS) is 11.4. The lowest BCUT2D eigenvalue weighted by molar-refractivity contribution is 0.145. The highest BCUT2D eigenvalue weighted by atomic mass is 79.9. The van der Waals surface area contributed by atoms with Gasteiger partial charge in [0.2, 0.25) is 0 Å². The van der Waals surface area contributed by atoms with Crippen molar-refractivity contribution < 1.29 is 4.84 Å². The molecular formula is C17H18BrNO. The third-order valence-electron chi connectivity index (χ3n) is 2.92. The van der Waals surface area contributed by atoms with Crippen molar-refractivity contribution in [1.82, 2.24) is 0 Å². The minimum atomic E-state index is 0.651. The molecule has 0 heterocycles. The van der Waals surface area contributed by atoms with Gasteiger partial charge in [-0.2, -0.15) is 0 Å². The van der Waals surface area contributed by atoms with Crippen LogP contribution in [0.5, 0.6) is 0 Å². The summed E-state index contributed by atoms with van der Waals surface area (Å²) in [5, 5.41) is 4.86. The molecule has 2 rings (SSSR count). The molecule has 0 amide bonds. The van der Waals surface area contributed by atoms with Crippen molar-refractivity contribution in [3.05, 3.63) is 60.2 Å². The summed E-state index contributed by atoms with van der Waals surface area (Å²) in [5.74, 6) is 0. The van der Waals surface area contributed by atoms with E-state index >= 15 is 0 Å². The number of oxime groups is 1. The molecule has 2 aromatic carbocycles. The summed E-state index contributed by atoms with van der Waals surface area (Å²) in [6.45, 7) is 2.72. The lowest BCUT2D eigenvalue weighted by atomic mass is 10.0. The highest BCUT2D eigenvalue weighted by Crippen LogP contribution is 2.19. The van der Waals surface area contributed by atoms with Gasteiger partial charge in [0.25, 0.3) is 0 Å². The summed E-state index contributed by atoms with van der Waals surface area (Å²) in [6.07, 6.45) is 0.964. The summed E-state index contributed by atoms with van der Waals surface area (Å²) in [7, 11) is 0. The molecule has 0 fully saturated rings. The highest BCUT2D eigenvalue weighted by molar-refractivity contribution is 9.09. The average molecular weight is 332 g/mol. The molecule has 0 spiro atoms. The number of halogens is 1. The van der Waals surface area contributed by atoms with Gasteiger partial charge in [-0.1, -0.05) is 82.6 Å². The standard InChI is InChI=1S/C17H18BrNO/c1-2-12-20-19-17(13-18)16-10-8-15(9-11-16)14-6-4-3-5-7-14/h3-11H,2,12-13H2,1H3/b19-17+. The van der Waals surface area contributed by atoms with Crippen LogP contribution in [0.4, 0.5) is 0 Å². The minimum Gasteiger partial charge on any atom is -0.396 e. The predicted molar refractivity (Wildman–Crippen MR) is 88.5 cm³/mol. The molecule has 104 valence electrons. The van der Waals surface area contributed by atoms with Gasteiger partial charge < -0.3 is 4.84 Å². The average Bonchev–Trinajstić information content (AvgIpc) is 2.53. The van der Waals surface area contributed by atoms with Crippen molar-refractivity contribution in [2.45, 2.75) is 13.3 Å². The Morgan fingerprint density at radius 2 is 1.65 bits per heavy atom. The van der Waals surface area contributed by atoms with Crippen LogP contribution < -0.4 is 0 Å². The molecule has 20 heavy (non-hydrogen) atoms. The lowest BCUT2D eigenvalue weighted by Gasteiger charge is -2.06. The topological polar surface area (TPSA) is 21.6 Å². The van der Waals surface area contributed by atoms with Crippen molar-refractivity contribution in [2.24, 2.45) is 5.16 Å². The first-order chi connectivity index (χ1) is 9.85. The van der Waals surface area contributed by atoms with Crippen molar-refractivity contribution in [2.75, 3.05) is 11.9 Å². The third kappa shape index (κ3) is 3.94. The number of hydrogen-bond acceptors (Lipinski definition) is 2. The number of hydrogen-bond donors (Lipinski definition) is 0. The molecule has 0 aliphatic heterocycles. The minimum absolute atomic E-state index is 0.651. The fourth-order valence-corrected chi connectivity index (χ4v) is 2.28. The highest BCUT2D eigenvalue weighted by Gasteiger charge is 2.04. The first-order valence-electron chi connectivity index (χ1n) is 6.75. The molecule has 0 saturated heterocycles. The molecule has 0 unspecified atom stereocenters. The first kappa shape index (κ1) is 14.8. The number of benzene rings is 2. The Hall–Kier alpha value is -1.61. The maximum Gasteiger partial charge on any atom is 0.116 e. The summed E-state index contributed by atoms with van der Waals surface area (Å²) in [4.78, 5) is 5.26. The van der Waals surface area contributed by atoms with E-state index in [9.17, 15) is 0 Å². The fourth-order valence-electron chi connectivity index (χ4n) is 1.85. The second-order valence-corrected chi connectivity index (χ2v) is 5.01. The molecule has 0 N–H and O–H groups in total. The fraction of sp³-hybridized carbons (Fsp3) is 0.235. The van der Waals surface area contributed by atoms with Crippen LogP contribution in [0.15, 0.2) is 59.8 Å². The van der Waals surface area contributed by atoms with Gasteiger partial charge in [0.15, 0.2) is 0 Å². The van der Waals surface area contributed by atoms with Gasteiger partial charge >= 0.3 is 0 Å². The molecule has 0 atom stereocenters. The van der Waals surface area contributed by atoms with Gasteiger partial charge in [0.1, 0.15) is 6.61 Å². The van der Waals surface area contributed by atoms with Crippen molar-refractivity contribution in [3.8, 4) is 11.1 Å². The summed E-state index contributed by atoms with van der Waals surface area (Å²) in [6, 6.07) is 18.7. The zero-order valence-electron chi connectivity index (χ0n) is 11.6. The van der Waals surface area contributed by atoms with E-state index in [1.165, 1.54) is 11.1 Å². The van der Waals surface area contributed by atoms with Crippen LogP contribution in [-0.2, 0) is 4.84 Å². The number of rotatable bonds is 6. The molecule has 0 aliphatic rings. The lowest BCUT2D eigenvalue weighted by Crippen LogP contribution is -2.03. The molecule has 2 aromatic rings. The quantitative estimate of drug-likeness (QED) is 0.320. The molecule has 2 nitrogen and oxygen atoms in total. The van der Waals surface area contributed by atoms with Crippen LogP contribution >= 0.6 is 15.9 Å². The van der Waals surface area contributed by atoms with Crippen LogP contribution in [0.1, 0.15) is 18.9 Å². The zero-order valence-corrected chi connectivity index (χ0v) is 13.1. The van der Waals surface area contributed by atoms with Crippen LogP contribution in [0, 0.1) is 0 Å². The van der Waals surface area contributed by atoms with E-state index in [2.05, 4.69) is 64.4 Å². The van der Waals surface area contributed by atoms with Crippen molar-refractivity contribution in [1.29, 1.82) is 0 Å². The van der Waals surface area contributed by atoms with Gasteiger partial charge in [-0.15, -0.1) is 0 Å². The van der Waals surface area contributed by atoms with Gasteiger partial charge in [-0.25, -0.2) is 0 Å². The Morgan fingerprint density at radius 3 is 2.25 bits per heavy atom. The Kier molecular flexibility index (Phi) is 5.81. The Labute approximate surface area is 128 Å². The maximum atomic E-state index is 5.26. The van der Waals surface area contributed by atoms with E-state index in [1.54, 1.807) is 0 Å². The smallest absolute Gasteiger partial charge is 0.116 e. The van der Waals surface area contributed by atoms with Gasteiger partial charge in [0, 0.05) is 10.9 Å². The summed E-state index contributed by atoms with van der Waals surface area (Å²) >= 11 is 3.46. The Bertz CT molecular complexity index is 549. The zero-order chi connectivity index (χ0) is 14.2. The predicted octanol–water partition coefficient (Wildman–Crippen LogP) is 4.88. The third-order valence-corrected chi connectivity index (χ3v) is 3.45. The molecular weight excluding hydrogens is 314 g/mol. The number of alkyl halides is 1. The number of nitrogens with zero attached hydrogens (tertiary/aromatic N) is 1. The van der Waals surface area contributed by atoms with E-state index < -0.39 is 0 Å². The van der Waals surface area contributed by atoms with Gasteiger partial charge in [0.05, 0.1) is 5.71 Å². The molecule has 0 bridgehead atoms. The second-order valence-electron chi connectivity index (χ2n) is 4.45. The van der Waals surface area contributed by atoms with Crippen LogP contribution in [0.2, 0.25) is 0 Å². The molecule has 0 aliphatic carbocycles. The van der Waals surface area contributed by atoms with Crippen LogP contribution in [-0.4, -0.2) is 17.6 Å². The van der Waals surface area contributed by atoms with E-state index in [0.717, 1.165) is 17.7 Å². The van der Waals surface area contributed by atoms with Crippen LogP contribution in [0.25, 0.3) is 11.1 Å². The molecule has 0 aromatic heterocycles. The van der Waals surface area contributed by atoms with Gasteiger partial charge in [-0.05, 0) is 17.5 Å². The monoisotopic (exact) mass is 331 g/mol. The van der Waals surface area contributed by atoms with E-state index in [1.807, 2.05) is 18.2 Å². The van der Waals surface area contributed by atoms with E-state index in [-0.39, 0.29) is 0 Å². The van der Waals surface area contributed by atoms with Crippen molar-refractivity contribution >= 4 is 21.6 Å². The Morgan fingerprint density at radius 1 is 1.00 bits per heavy atom. The SMILES string of the molecule is CCCO/N=C(\CBr)c1ccc(-c2ccccc2)cc1. The molecule has 0 radical (unpaired) electrons. The van der Waals surface area contributed by atoms with Crippen molar-refractivity contribution in [3.63, 3.8) is 0 Å². The summed E-state index contributed by atoms with van der Waals surface area (Å²) < 4.78 is 0. The summed E-state index contributed by atoms with van der Waals surface area (Å²) in [5.41, 5.74) is 4.42. The molecule has 3 heteroatoms. The van der Waals surface area contributed by atoms with E-state index in [4.69, 9.17) is 4.84 Å². The maximum absolute atomic E-state index is 5.26. The van der Waals surface area contributed by atoms with Gasteiger partial charge in [-0.3, -0.25) is 0 Å². The largest absolute Gasteiger partial charge is 0.396 e. The second kappa shape index (κ2) is 7.85.